The van der Waals surface area contributed by atoms with Crippen LogP contribution in [0.5, 0.6) is 0 Å². The molecule has 0 aliphatic heterocycles. The standard InChI is InChI=1S/C10H10N4OS/c1-7-9(13-14-16-7)10(15)12-6-8-2-4-11-5-3-8/h2-5H,6H2,1H3,(H,12,15). The summed E-state index contributed by atoms with van der Waals surface area (Å²) in [6.45, 7) is 2.30. The van der Waals surface area contributed by atoms with Crippen molar-refractivity contribution in [2.24, 2.45) is 0 Å². The highest BCUT2D eigenvalue weighted by atomic mass is 32.1. The fourth-order valence-corrected chi connectivity index (χ4v) is 1.67. The molecule has 1 N–H and O–H groups in total. The number of hydrogen-bond donors (Lipinski definition) is 1. The highest BCUT2D eigenvalue weighted by molar-refractivity contribution is 7.05. The molecule has 5 nitrogen and oxygen atoms in total. The van der Waals surface area contributed by atoms with Crippen molar-refractivity contribution in [1.82, 2.24) is 19.9 Å². The molecule has 1 amide bonds. The lowest BCUT2D eigenvalue weighted by molar-refractivity contribution is 0.0945. The van der Waals surface area contributed by atoms with E-state index in [1.54, 1.807) is 12.4 Å². The fourth-order valence-electron chi connectivity index (χ4n) is 1.21. The zero-order chi connectivity index (χ0) is 11.4. The third-order valence-electron chi connectivity index (χ3n) is 2.07. The predicted octanol–water partition coefficient (Wildman–Crippen LogP) is 1.17. The minimum atomic E-state index is -0.192. The van der Waals surface area contributed by atoms with E-state index in [9.17, 15) is 4.79 Å². The third-order valence-corrected chi connectivity index (χ3v) is 2.70. The molecule has 0 fully saturated rings. The van der Waals surface area contributed by atoms with Crippen molar-refractivity contribution < 1.29 is 4.79 Å². The number of carbonyl (C=O) groups is 1. The summed E-state index contributed by atoms with van der Waals surface area (Å²) < 4.78 is 3.72. The summed E-state index contributed by atoms with van der Waals surface area (Å²) in [4.78, 5) is 16.4. The molecule has 0 radical (unpaired) electrons. The van der Waals surface area contributed by atoms with Gasteiger partial charge in [0.1, 0.15) is 0 Å². The quantitative estimate of drug-likeness (QED) is 0.865. The van der Waals surface area contributed by atoms with Gasteiger partial charge in [-0.05, 0) is 36.2 Å². The van der Waals surface area contributed by atoms with E-state index >= 15 is 0 Å². The van der Waals surface area contributed by atoms with Gasteiger partial charge >= 0.3 is 0 Å². The van der Waals surface area contributed by atoms with E-state index in [0.29, 0.717) is 12.2 Å². The van der Waals surface area contributed by atoms with Gasteiger partial charge in [0.2, 0.25) is 0 Å². The number of aromatic nitrogens is 3. The molecule has 0 aromatic carbocycles. The van der Waals surface area contributed by atoms with E-state index in [1.807, 2.05) is 19.1 Å². The van der Waals surface area contributed by atoms with Crippen molar-refractivity contribution in [3.8, 4) is 0 Å². The Morgan fingerprint density at radius 3 is 2.81 bits per heavy atom. The number of carbonyl (C=O) groups excluding carboxylic acids is 1. The Kier molecular flexibility index (Phi) is 3.21. The van der Waals surface area contributed by atoms with Gasteiger partial charge in [-0.2, -0.15) is 0 Å². The van der Waals surface area contributed by atoms with Crippen molar-refractivity contribution in [2.75, 3.05) is 0 Å². The molecule has 82 valence electrons. The van der Waals surface area contributed by atoms with Crippen LogP contribution in [0.3, 0.4) is 0 Å². The second-order valence-corrected chi connectivity index (χ2v) is 4.17. The van der Waals surface area contributed by atoms with Crippen LogP contribution in [0.15, 0.2) is 24.5 Å². The Morgan fingerprint density at radius 2 is 2.19 bits per heavy atom. The van der Waals surface area contributed by atoms with Gasteiger partial charge in [-0.1, -0.05) is 4.49 Å². The van der Waals surface area contributed by atoms with Crippen LogP contribution in [0.2, 0.25) is 0 Å². The third kappa shape index (κ3) is 2.40. The van der Waals surface area contributed by atoms with Crippen LogP contribution < -0.4 is 5.32 Å². The van der Waals surface area contributed by atoms with Crippen molar-refractivity contribution in [1.29, 1.82) is 0 Å². The lowest BCUT2D eigenvalue weighted by atomic mass is 10.2. The summed E-state index contributed by atoms with van der Waals surface area (Å²) in [5.41, 5.74) is 1.41. The molecule has 2 rings (SSSR count). The molecule has 0 atom stereocenters. The van der Waals surface area contributed by atoms with E-state index < -0.39 is 0 Å². The predicted molar refractivity (Wildman–Crippen MR) is 60.1 cm³/mol. The van der Waals surface area contributed by atoms with Gasteiger partial charge in [-0.15, -0.1) is 5.10 Å². The van der Waals surface area contributed by atoms with Crippen molar-refractivity contribution in [3.05, 3.63) is 40.7 Å². The Bertz CT molecular complexity index is 483. The lowest BCUT2D eigenvalue weighted by Gasteiger charge is -2.02. The van der Waals surface area contributed by atoms with Crippen molar-refractivity contribution >= 4 is 17.4 Å². The normalized spacial score (nSPS) is 10.1. The van der Waals surface area contributed by atoms with E-state index in [1.165, 1.54) is 11.5 Å². The summed E-state index contributed by atoms with van der Waals surface area (Å²) in [6.07, 6.45) is 3.38. The summed E-state index contributed by atoms with van der Waals surface area (Å²) in [5.74, 6) is -0.192. The summed E-state index contributed by atoms with van der Waals surface area (Å²) >= 11 is 1.22. The van der Waals surface area contributed by atoms with E-state index in [0.717, 1.165) is 10.4 Å². The maximum absolute atomic E-state index is 11.7. The molecular weight excluding hydrogens is 224 g/mol. The van der Waals surface area contributed by atoms with Crippen LogP contribution in [0.4, 0.5) is 0 Å². The first kappa shape index (κ1) is 10.7. The number of hydrogen-bond acceptors (Lipinski definition) is 5. The van der Waals surface area contributed by atoms with Gasteiger partial charge in [0.05, 0.1) is 4.88 Å². The van der Waals surface area contributed by atoms with Crippen LogP contribution >= 0.6 is 11.5 Å². The van der Waals surface area contributed by atoms with Gasteiger partial charge in [0, 0.05) is 18.9 Å². The molecule has 0 saturated heterocycles. The van der Waals surface area contributed by atoms with Crippen LogP contribution in [0.1, 0.15) is 20.9 Å². The fraction of sp³-hybridized carbons (Fsp3) is 0.200. The number of pyridine rings is 1. The first-order valence-electron chi connectivity index (χ1n) is 4.73. The van der Waals surface area contributed by atoms with Gasteiger partial charge < -0.3 is 5.32 Å². The molecule has 16 heavy (non-hydrogen) atoms. The molecule has 2 aromatic heterocycles. The summed E-state index contributed by atoms with van der Waals surface area (Å²) in [6, 6.07) is 3.71. The number of nitrogens with one attached hydrogen (secondary N) is 1. The molecule has 0 bridgehead atoms. The molecule has 6 heteroatoms. The second-order valence-electron chi connectivity index (χ2n) is 3.22. The molecule has 2 aromatic rings. The van der Waals surface area contributed by atoms with Gasteiger partial charge in [-0.3, -0.25) is 9.78 Å². The monoisotopic (exact) mass is 234 g/mol. The minimum Gasteiger partial charge on any atom is -0.347 e. The highest BCUT2D eigenvalue weighted by Gasteiger charge is 2.12. The minimum absolute atomic E-state index is 0.192. The van der Waals surface area contributed by atoms with Gasteiger partial charge in [0.15, 0.2) is 5.69 Å². The Morgan fingerprint density at radius 1 is 1.44 bits per heavy atom. The van der Waals surface area contributed by atoms with Crippen LogP contribution in [0.25, 0.3) is 0 Å². The van der Waals surface area contributed by atoms with Crippen LogP contribution in [-0.2, 0) is 6.54 Å². The zero-order valence-corrected chi connectivity index (χ0v) is 9.49. The average Bonchev–Trinajstić information content (AvgIpc) is 2.74. The molecule has 0 spiro atoms. The van der Waals surface area contributed by atoms with E-state index in [2.05, 4.69) is 19.9 Å². The maximum Gasteiger partial charge on any atom is 0.273 e. The molecule has 0 aliphatic rings. The van der Waals surface area contributed by atoms with Gasteiger partial charge in [-0.25, -0.2) is 0 Å². The molecule has 0 unspecified atom stereocenters. The number of aryl methyl sites for hydroxylation is 1. The maximum atomic E-state index is 11.7. The van der Waals surface area contributed by atoms with Crippen LogP contribution in [0, 0.1) is 6.92 Å². The summed E-state index contributed by atoms with van der Waals surface area (Å²) in [5, 5.41) is 6.55. The molecule has 2 heterocycles. The summed E-state index contributed by atoms with van der Waals surface area (Å²) in [7, 11) is 0. The number of rotatable bonds is 3. The second kappa shape index (κ2) is 4.80. The molecular formula is C10H10N4OS. The largest absolute Gasteiger partial charge is 0.347 e. The SMILES string of the molecule is Cc1snnc1C(=O)NCc1ccncc1. The molecule has 0 aliphatic carbocycles. The number of amides is 1. The average molecular weight is 234 g/mol. The Balaban J connectivity index is 1.97. The first-order valence-corrected chi connectivity index (χ1v) is 5.51. The first-order chi connectivity index (χ1) is 7.77. The van der Waals surface area contributed by atoms with Crippen molar-refractivity contribution in [2.45, 2.75) is 13.5 Å². The lowest BCUT2D eigenvalue weighted by Crippen LogP contribution is -2.23. The molecule has 0 saturated carbocycles. The Labute approximate surface area is 96.7 Å². The number of nitrogens with zero attached hydrogens (tertiary/aromatic N) is 3. The smallest absolute Gasteiger partial charge is 0.273 e. The topological polar surface area (TPSA) is 67.8 Å². The van der Waals surface area contributed by atoms with Crippen LogP contribution in [-0.4, -0.2) is 20.5 Å². The van der Waals surface area contributed by atoms with Gasteiger partial charge in [0.25, 0.3) is 5.91 Å². The van der Waals surface area contributed by atoms with E-state index in [4.69, 9.17) is 0 Å². The highest BCUT2D eigenvalue weighted by Crippen LogP contribution is 2.07. The van der Waals surface area contributed by atoms with E-state index in [-0.39, 0.29) is 5.91 Å². The van der Waals surface area contributed by atoms with Crippen molar-refractivity contribution in [3.63, 3.8) is 0 Å². The zero-order valence-electron chi connectivity index (χ0n) is 8.67. The Hall–Kier alpha value is -1.82.